The Kier molecular flexibility index (Phi) is 9.10. The molecular weight excluding hydrogens is 494 g/mol. The Morgan fingerprint density at radius 2 is 1.91 bits per heavy atom. The van der Waals surface area contributed by atoms with Gasteiger partial charge in [0, 0.05) is 19.4 Å². The van der Waals surface area contributed by atoms with E-state index in [4.69, 9.17) is 18.7 Å². The second kappa shape index (κ2) is 11.6. The summed E-state index contributed by atoms with van der Waals surface area (Å²) in [6.07, 6.45) is -5.82. The maximum Gasteiger partial charge on any atom is 0.472 e. The third-order valence-corrected chi connectivity index (χ3v) is 5.96. The number of benzene rings is 1. The van der Waals surface area contributed by atoms with Crippen LogP contribution in [0.4, 0.5) is 4.39 Å². The van der Waals surface area contributed by atoms with Gasteiger partial charge in [0.15, 0.2) is 6.23 Å². The number of methoxy groups -OCH3 is 1. The molecule has 2 aromatic rings. The summed E-state index contributed by atoms with van der Waals surface area (Å²) >= 11 is 0. The number of rotatable bonds is 12. The number of H-pyrrole nitrogens is 1. The van der Waals surface area contributed by atoms with Gasteiger partial charge in [-0.25, -0.2) is 13.8 Å². The number of hydrogen-bond acceptors (Lipinski definition) is 10. The average molecular weight is 520 g/mol. The number of aliphatic hydroxyl groups excluding tert-OH is 2. The number of aliphatic hydroxyl groups is 2. The van der Waals surface area contributed by atoms with Gasteiger partial charge in [-0.05, 0) is 5.56 Å². The largest absolute Gasteiger partial charge is 0.472 e. The Labute approximate surface area is 198 Å². The molecule has 13 nitrogen and oxygen atoms in total. The Balaban J connectivity index is 1.57. The van der Waals surface area contributed by atoms with Crippen LogP contribution in [0, 0.1) is 0 Å². The number of nitrogens with one attached hydrogen (secondary N) is 1. The van der Waals surface area contributed by atoms with Gasteiger partial charge >= 0.3 is 13.5 Å². The van der Waals surface area contributed by atoms with Gasteiger partial charge in [-0.1, -0.05) is 30.3 Å². The number of ether oxygens (including phenoxy) is 3. The highest BCUT2D eigenvalue weighted by Crippen LogP contribution is 2.47. The summed E-state index contributed by atoms with van der Waals surface area (Å²) < 4.78 is 53.2. The SMILES string of the molecule is COCC(COP(=O)(O)OC[C@@]1(F)O[C@@H](n2ccc(=O)[nH]c2=O)[C@H](O)[C@@H]1O)OCc1ccccc1. The zero-order chi connectivity index (χ0) is 25.6. The van der Waals surface area contributed by atoms with E-state index in [2.05, 4.69) is 4.52 Å². The number of aromatic amines is 1. The highest BCUT2D eigenvalue weighted by atomic mass is 31.2. The second-order valence-corrected chi connectivity index (χ2v) is 9.11. The van der Waals surface area contributed by atoms with Crippen molar-refractivity contribution >= 4 is 7.82 Å². The van der Waals surface area contributed by atoms with Gasteiger partial charge in [0.25, 0.3) is 11.4 Å². The minimum absolute atomic E-state index is 0.0174. The van der Waals surface area contributed by atoms with Crippen LogP contribution in [0.5, 0.6) is 0 Å². The van der Waals surface area contributed by atoms with E-state index in [9.17, 15) is 29.3 Å². The molecule has 1 saturated heterocycles. The molecule has 1 fully saturated rings. The van der Waals surface area contributed by atoms with Gasteiger partial charge in [0.1, 0.15) is 24.9 Å². The van der Waals surface area contributed by atoms with Crippen LogP contribution in [0.1, 0.15) is 11.8 Å². The van der Waals surface area contributed by atoms with Crippen molar-refractivity contribution in [2.45, 2.75) is 37.0 Å². The molecule has 2 unspecified atom stereocenters. The maximum atomic E-state index is 15.2. The molecule has 0 aliphatic carbocycles. The number of alkyl halides is 1. The molecule has 0 radical (unpaired) electrons. The van der Waals surface area contributed by atoms with Crippen molar-refractivity contribution < 1.29 is 47.3 Å². The predicted molar refractivity (Wildman–Crippen MR) is 116 cm³/mol. The molecule has 0 bridgehead atoms. The van der Waals surface area contributed by atoms with E-state index < -0.39 is 62.7 Å². The van der Waals surface area contributed by atoms with Crippen molar-refractivity contribution in [3.8, 4) is 0 Å². The van der Waals surface area contributed by atoms with E-state index in [1.54, 1.807) is 0 Å². The summed E-state index contributed by atoms with van der Waals surface area (Å²) in [5, 5.41) is 20.2. The van der Waals surface area contributed by atoms with Crippen molar-refractivity contribution in [1.82, 2.24) is 9.55 Å². The number of aromatic nitrogens is 2. The molecule has 2 heterocycles. The molecule has 0 saturated carbocycles. The van der Waals surface area contributed by atoms with Crippen LogP contribution in [0.15, 0.2) is 52.2 Å². The van der Waals surface area contributed by atoms with E-state index in [1.165, 1.54) is 7.11 Å². The highest BCUT2D eigenvalue weighted by molar-refractivity contribution is 7.47. The first-order valence-corrected chi connectivity index (χ1v) is 11.8. The van der Waals surface area contributed by atoms with Gasteiger partial charge in [-0.15, -0.1) is 0 Å². The molecule has 0 amide bonds. The summed E-state index contributed by atoms with van der Waals surface area (Å²) in [5.74, 6) is -3.18. The Morgan fingerprint density at radius 3 is 2.57 bits per heavy atom. The maximum absolute atomic E-state index is 15.2. The van der Waals surface area contributed by atoms with Crippen molar-refractivity contribution in [2.24, 2.45) is 0 Å². The van der Waals surface area contributed by atoms with Crippen molar-refractivity contribution in [3.05, 3.63) is 69.0 Å². The zero-order valence-corrected chi connectivity index (χ0v) is 19.5. The molecule has 3 rings (SSSR count). The molecule has 1 aromatic carbocycles. The third-order valence-electron chi connectivity index (χ3n) is 5.03. The van der Waals surface area contributed by atoms with Gasteiger partial charge in [0.05, 0.1) is 19.8 Å². The fourth-order valence-electron chi connectivity index (χ4n) is 3.22. The van der Waals surface area contributed by atoms with Crippen molar-refractivity contribution in [3.63, 3.8) is 0 Å². The third kappa shape index (κ3) is 7.13. The molecule has 0 spiro atoms. The van der Waals surface area contributed by atoms with Crippen molar-refractivity contribution in [2.75, 3.05) is 26.9 Å². The monoisotopic (exact) mass is 520 g/mol. The van der Waals surface area contributed by atoms with E-state index >= 15 is 4.39 Å². The molecular formula is C20H26FN2O11P. The minimum Gasteiger partial charge on any atom is -0.385 e. The van der Waals surface area contributed by atoms with Crippen LogP contribution in [0.2, 0.25) is 0 Å². The lowest BCUT2D eigenvalue weighted by Gasteiger charge is -2.24. The van der Waals surface area contributed by atoms with Gasteiger partial charge in [-0.2, -0.15) is 0 Å². The molecule has 1 aliphatic heterocycles. The van der Waals surface area contributed by atoms with Crippen LogP contribution < -0.4 is 11.2 Å². The normalized spacial score (nSPS) is 26.9. The summed E-state index contributed by atoms with van der Waals surface area (Å²) in [5.41, 5.74) is -0.930. The van der Waals surface area contributed by atoms with E-state index in [0.29, 0.717) is 4.57 Å². The minimum atomic E-state index is -4.88. The number of nitrogens with zero attached hydrogens (tertiary/aromatic N) is 1. The van der Waals surface area contributed by atoms with Crippen LogP contribution in [0.25, 0.3) is 0 Å². The summed E-state index contributed by atoms with van der Waals surface area (Å²) in [6, 6.07) is 10.0. The first kappa shape index (κ1) is 27.3. The fourth-order valence-corrected chi connectivity index (χ4v) is 3.99. The van der Waals surface area contributed by atoms with Gasteiger partial charge in [0.2, 0.25) is 0 Å². The summed E-state index contributed by atoms with van der Waals surface area (Å²) in [7, 11) is -3.48. The number of phosphoric ester groups is 1. The fraction of sp³-hybridized carbons (Fsp3) is 0.500. The lowest BCUT2D eigenvalue weighted by Crippen LogP contribution is -2.43. The molecule has 1 aromatic heterocycles. The van der Waals surface area contributed by atoms with Crippen LogP contribution in [-0.2, 0) is 34.4 Å². The average Bonchev–Trinajstić information content (AvgIpc) is 3.05. The molecule has 15 heteroatoms. The lowest BCUT2D eigenvalue weighted by atomic mass is 10.1. The van der Waals surface area contributed by atoms with E-state index in [1.807, 2.05) is 35.3 Å². The molecule has 35 heavy (non-hydrogen) atoms. The molecule has 6 atom stereocenters. The predicted octanol–water partition coefficient (Wildman–Crippen LogP) is -0.182. The van der Waals surface area contributed by atoms with Crippen LogP contribution in [0.3, 0.4) is 0 Å². The van der Waals surface area contributed by atoms with E-state index in [-0.39, 0.29) is 13.2 Å². The molecule has 4 N–H and O–H groups in total. The number of phosphoric acid groups is 1. The molecule has 1 aliphatic rings. The first-order valence-electron chi connectivity index (χ1n) is 10.4. The van der Waals surface area contributed by atoms with Crippen LogP contribution >= 0.6 is 7.82 Å². The Bertz CT molecular complexity index is 1130. The smallest absolute Gasteiger partial charge is 0.385 e. The van der Waals surface area contributed by atoms with Gasteiger partial charge in [-0.3, -0.25) is 23.4 Å². The second-order valence-electron chi connectivity index (χ2n) is 7.66. The topological polar surface area (TPSA) is 179 Å². The van der Waals surface area contributed by atoms with Crippen molar-refractivity contribution in [1.29, 1.82) is 0 Å². The first-order chi connectivity index (χ1) is 16.5. The Morgan fingerprint density at radius 1 is 1.20 bits per heavy atom. The van der Waals surface area contributed by atoms with Crippen LogP contribution in [-0.4, -0.2) is 75.8 Å². The summed E-state index contributed by atoms with van der Waals surface area (Å²) in [4.78, 5) is 35.0. The molecule has 194 valence electrons. The number of hydrogen-bond donors (Lipinski definition) is 4. The lowest BCUT2D eigenvalue weighted by molar-refractivity contribution is -0.205. The standard InChI is InChI=1S/C20H26FN2O11P/c1-30-10-14(31-9-13-5-3-2-4-6-13)11-32-35(28,29)33-12-20(21)17(26)16(25)18(34-20)23-8-7-15(24)22-19(23)27/h2-8,14,16-18,25-26H,9-12H2,1H3,(H,28,29)(H,22,24,27)/t14?,16-,17+,18-,20-/m1/s1. The number of halogens is 1. The quantitative estimate of drug-likeness (QED) is 0.273. The Hall–Kier alpha value is -2.26. The highest BCUT2D eigenvalue weighted by Gasteiger charge is 2.57. The zero-order valence-electron chi connectivity index (χ0n) is 18.6. The summed E-state index contributed by atoms with van der Waals surface area (Å²) in [6.45, 7) is -1.59. The van der Waals surface area contributed by atoms with Gasteiger partial charge < -0.3 is 29.3 Å². The van der Waals surface area contributed by atoms with E-state index in [0.717, 1.165) is 17.8 Å².